The fourth-order valence-electron chi connectivity index (χ4n) is 1.35. The lowest BCUT2D eigenvalue weighted by Gasteiger charge is -2.16. The molecule has 0 heterocycles. The van der Waals surface area contributed by atoms with Gasteiger partial charge in [-0.15, -0.1) is 6.58 Å². The Morgan fingerprint density at radius 2 is 2.05 bits per heavy atom. The van der Waals surface area contributed by atoms with Crippen molar-refractivity contribution in [1.29, 1.82) is 0 Å². The van der Waals surface area contributed by atoms with Crippen molar-refractivity contribution in [2.24, 2.45) is 0 Å². The number of allylic oxidation sites excluding steroid dienone is 1. The highest BCUT2D eigenvalue weighted by atomic mass is 31.2. The van der Waals surface area contributed by atoms with Crippen molar-refractivity contribution in [3.05, 3.63) is 42.2 Å². The summed E-state index contributed by atoms with van der Waals surface area (Å²) >= 11 is 0. The van der Waals surface area contributed by atoms with E-state index in [2.05, 4.69) is 11.1 Å². The van der Waals surface area contributed by atoms with Crippen molar-refractivity contribution in [3.8, 4) is 5.75 Å². The van der Waals surface area contributed by atoms with E-state index in [4.69, 9.17) is 4.89 Å². The Kier molecular flexibility index (Phi) is 4.76. The number of rotatable bonds is 5. The number of hydrogen-bond acceptors (Lipinski definition) is 2. The molecule has 1 atom stereocenters. The average Bonchev–Trinajstić information content (AvgIpc) is 2.20. The Morgan fingerprint density at radius 3 is 2.58 bits per heavy atom. The Hall–Kier alpha value is -1.33. The van der Waals surface area contributed by atoms with Crippen LogP contribution in [0.15, 0.2) is 30.9 Å². The van der Waals surface area contributed by atoms with Gasteiger partial charge >= 0.3 is 13.8 Å². The van der Waals surface area contributed by atoms with E-state index in [1.165, 1.54) is 18.2 Å². The smallest absolute Gasteiger partial charge is 0.401 e. The Morgan fingerprint density at radius 1 is 1.42 bits per heavy atom. The Bertz CT molecular complexity index is 513. The van der Waals surface area contributed by atoms with Gasteiger partial charge in [0.25, 0.3) is 0 Å². The minimum Gasteiger partial charge on any atom is -0.421 e. The van der Waals surface area contributed by atoms with E-state index in [0.29, 0.717) is 0 Å². The van der Waals surface area contributed by atoms with E-state index >= 15 is 0 Å². The standard InChI is InChI=1S/C11H11F4O3P/c1-2-4-8-5-3-6-9(10(8)12)18-19(16,17)7-11(13,14)15/h2-3,5-6H,1,4,7H2,(H,16,17). The van der Waals surface area contributed by atoms with Gasteiger partial charge in [0.1, 0.15) is 0 Å². The van der Waals surface area contributed by atoms with Crippen LogP contribution in [0.2, 0.25) is 0 Å². The molecule has 0 saturated heterocycles. The van der Waals surface area contributed by atoms with Crippen molar-refractivity contribution < 1.29 is 31.5 Å². The van der Waals surface area contributed by atoms with Crippen molar-refractivity contribution in [1.82, 2.24) is 0 Å². The van der Waals surface area contributed by atoms with Gasteiger partial charge in [0.05, 0.1) is 0 Å². The summed E-state index contributed by atoms with van der Waals surface area (Å²) in [4.78, 5) is 9.08. The lowest BCUT2D eigenvalue weighted by molar-refractivity contribution is -0.109. The first-order valence-corrected chi connectivity index (χ1v) is 6.87. The van der Waals surface area contributed by atoms with Crippen LogP contribution in [0.25, 0.3) is 0 Å². The van der Waals surface area contributed by atoms with Crippen LogP contribution in [0.1, 0.15) is 5.56 Å². The van der Waals surface area contributed by atoms with Crippen LogP contribution >= 0.6 is 7.60 Å². The molecule has 0 radical (unpaired) electrons. The Balaban J connectivity index is 2.96. The van der Waals surface area contributed by atoms with Gasteiger partial charge in [0.2, 0.25) is 0 Å². The number of halogens is 4. The fraction of sp³-hybridized carbons (Fsp3) is 0.273. The van der Waals surface area contributed by atoms with E-state index in [1.807, 2.05) is 0 Å². The summed E-state index contributed by atoms with van der Waals surface area (Å²) < 4.78 is 65.4. The molecule has 0 fully saturated rings. The molecule has 106 valence electrons. The quantitative estimate of drug-likeness (QED) is 0.512. The largest absolute Gasteiger partial charge is 0.421 e. The molecule has 3 nitrogen and oxygen atoms in total. The van der Waals surface area contributed by atoms with E-state index in [1.54, 1.807) is 0 Å². The third-order valence-corrected chi connectivity index (χ3v) is 3.27. The molecular weight excluding hydrogens is 287 g/mol. The Labute approximate surface area is 107 Å². The van der Waals surface area contributed by atoms with Gasteiger partial charge in [-0.3, -0.25) is 0 Å². The van der Waals surface area contributed by atoms with Crippen LogP contribution in [-0.4, -0.2) is 17.2 Å². The highest BCUT2D eigenvalue weighted by Crippen LogP contribution is 2.47. The summed E-state index contributed by atoms with van der Waals surface area (Å²) in [6.45, 7) is 3.39. The summed E-state index contributed by atoms with van der Waals surface area (Å²) in [5.74, 6) is -1.66. The van der Waals surface area contributed by atoms with E-state index in [-0.39, 0.29) is 12.0 Å². The number of benzene rings is 1. The lowest BCUT2D eigenvalue weighted by atomic mass is 10.1. The van der Waals surface area contributed by atoms with Crippen molar-refractivity contribution >= 4 is 7.60 Å². The molecule has 0 aliphatic heterocycles. The second-order valence-corrected chi connectivity index (χ2v) is 5.50. The predicted octanol–water partition coefficient (Wildman–Crippen LogP) is 3.68. The molecule has 8 heteroatoms. The summed E-state index contributed by atoms with van der Waals surface area (Å²) in [5.41, 5.74) is 0.111. The maximum atomic E-state index is 13.7. The molecule has 19 heavy (non-hydrogen) atoms. The third kappa shape index (κ3) is 5.04. The van der Waals surface area contributed by atoms with Gasteiger partial charge in [-0.2, -0.15) is 13.2 Å². The second-order valence-electron chi connectivity index (χ2n) is 3.72. The molecule has 0 aromatic heterocycles. The molecule has 1 rings (SSSR count). The first-order valence-electron chi connectivity index (χ1n) is 5.11. The number of hydrogen-bond donors (Lipinski definition) is 1. The molecule has 1 unspecified atom stereocenters. The summed E-state index contributed by atoms with van der Waals surface area (Å²) in [6.07, 6.45) is -5.40. The molecule has 1 N–H and O–H groups in total. The highest BCUT2D eigenvalue weighted by molar-refractivity contribution is 7.53. The minimum absolute atomic E-state index is 0.111. The maximum Gasteiger partial charge on any atom is 0.401 e. The van der Waals surface area contributed by atoms with Crippen molar-refractivity contribution in [2.75, 3.05) is 6.16 Å². The van der Waals surface area contributed by atoms with Gasteiger partial charge in [0, 0.05) is 0 Å². The van der Waals surface area contributed by atoms with Crippen LogP contribution in [0.4, 0.5) is 17.6 Å². The van der Waals surface area contributed by atoms with Gasteiger partial charge in [-0.1, -0.05) is 18.2 Å². The van der Waals surface area contributed by atoms with E-state index in [0.717, 1.165) is 6.07 Å². The van der Waals surface area contributed by atoms with Crippen LogP contribution in [0.5, 0.6) is 5.75 Å². The summed E-state index contributed by atoms with van der Waals surface area (Å²) in [5, 5.41) is 0. The molecule has 0 saturated carbocycles. The van der Waals surface area contributed by atoms with Gasteiger partial charge in [-0.25, -0.2) is 8.96 Å². The predicted molar refractivity (Wildman–Crippen MR) is 61.7 cm³/mol. The van der Waals surface area contributed by atoms with Crippen LogP contribution in [0, 0.1) is 5.82 Å². The van der Waals surface area contributed by atoms with Gasteiger partial charge < -0.3 is 9.42 Å². The van der Waals surface area contributed by atoms with Crippen LogP contribution in [-0.2, 0) is 11.0 Å². The monoisotopic (exact) mass is 298 g/mol. The van der Waals surface area contributed by atoms with Gasteiger partial charge in [0.15, 0.2) is 17.7 Å². The fourth-order valence-corrected chi connectivity index (χ4v) is 2.32. The molecule has 0 aliphatic rings. The first kappa shape index (κ1) is 15.7. The molecular formula is C11H11F4O3P. The zero-order valence-electron chi connectivity index (χ0n) is 9.65. The zero-order valence-corrected chi connectivity index (χ0v) is 10.5. The molecule has 0 aliphatic carbocycles. The molecule has 0 spiro atoms. The topological polar surface area (TPSA) is 46.5 Å². The van der Waals surface area contributed by atoms with Crippen molar-refractivity contribution in [2.45, 2.75) is 12.6 Å². The molecule has 1 aromatic rings. The SMILES string of the molecule is C=CCc1cccc(OP(=O)(O)CC(F)(F)F)c1F. The maximum absolute atomic E-state index is 13.7. The summed E-state index contributed by atoms with van der Waals surface area (Å²) in [6, 6.07) is 3.67. The lowest BCUT2D eigenvalue weighted by Crippen LogP contribution is -2.16. The molecule has 1 aromatic carbocycles. The van der Waals surface area contributed by atoms with Crippen LogP contribution < -0.4 is 4.52 Å². The second kappa shape index (κ2) is 5.75. The third-order valence-electron chi connectivity index (χ3n) is 2.03. The van der Waals surface area contributed by atoms with E-state index in [9.17, 15) is 22.1 Å². The normalized spacial score (nSPS) is 14.8. The molecule has 0 bridgehead atoms. The first-order chi connectivity index (χ1) is 8.64. The van der Waals surface area contributed by atoms with Gasteiger partial charge in [-0.05, 0) is 18.1 Å². The molecule has 0 amide bonds. The zero-order chi connectivity index (χ0) is 14.7. The summed E-state index contributed by atoms with van der Waals surface area (Å²) in [7, 11) is -4.99. The minimum atomic E-state index is -4.99. The number of alkyl halides is 3. The van der Waals surface area contributed by atoms with Crippen LogP contribution in [0.3, 0.4) is 0 Å². The van der Waals surface area contributed by atoms with E-state index < -0.39 is 31.5 Å². The average molecular weight is 298 g/mol. The highest BCUT2D eigenvalue weighted by Gasteiger charge is 2.40. The van der Waals surface area contributed by atoms with Crippen molar-refractivity contribution in [3.63, 3.8) is 0 Å².